The highest BCUT2D eigenvalue weighted by Crippen LogP contribution is 2.28. The minimum Gasteiger partial charge on any atom is -0.447 e. The van der Waals surface area contributed by atoms with Gasteiger partial charge in [-0.1, -0.05) is 32.0 Å². The number of carbonyl (C=O) groups excluding carboxylic acids is 4. The van der Waals surface area contributed by atoms with Gasteiger partial charge in [0.15, 0.2) is 0 Å². The molecule has 8 nitrogen and oxygen atoms in total. The van der Waals surface area contributed by atoms with Crippen molar-refractivity contribution < 1.29 is 23.9 Å². The number of imide groups is 1. The lowest BCUT2D eigenvalue weighted by atomic mass is 10.0. The van der Waals surface area contributed by atoms with E-state index in [0.717, 1.165) is 4.90 Å². The molecule has 1 N–H and O–H groups in total. The molecule has 0 radical (unpaired) electrons. The molecule has 4 rings (SSSR count). The van der Waals surface area contributed by atoms with Crippen LogP contribution in [0.3, 0.4) is 0 Å². The smallest absolute Gasteiger partial charge is 0.414 e. The maximum atomic E-state index is 13.1. The van der Waals surface area contributed by atoms with Crippen LogP contribution >= 0.6 is 0 Å². The molecule has 0 bridgehead atoms. The molecular formula is C22H21N3O5. The van der Waals surface area contributed by atoms with Gasteiger partial charge in [0.1, 0.15) is 12.6 Å². The summed E-state index contributed by atoms with van der Waals surface area (Å²) in [6.45, 7) is 4.30. The normalized spacial score (nSPS) is 16.7. The number of carbonyl (C=O) groups is 4. The van der Waals surface area contributed by atoms with Crippen LogP contribution in [0, 0.1) is 5.92 Å². The van der Waals surface area contributed by atoms with Gasteiger partial charge in [0.25, 0.3) is 11.8 Å². The Morgan fingerprint density at radius 3 is 2.23 bits per heavy atom. The van der Waals surface area contributed by atoms with Gasteiger partial charge in [-0.25, -0.2) is 4.79 Å². The number of cyclic esters (lactones) is 1. The third-order valence-electron chi connectivity index (χ3n) is 5.19. The van der Waals surface area contributed by atoms with Crippen LogP contribution in [0.2, 0.25) is 0 Å². The summed E-state index contributed by atoms with van der Waals surface area (Å²) in [5.74, 6) is -1.72. The first-order chi connectivity index (χ1) is 14.4. The van der Waals surface area contributed by atoms with Crippen LogP contribution < -0.4 is 10.2 Å². The van der Waals surface area contributed by atoms with Crippen molar-refractivity contribution in [2.45, 2.75) is 19.9 Å². The van der Waals surface area contributed by atoms with Crippen LogP contribution in [-0.2, 0) is 9.53 Å². The summed E-state index contributed by atoms with van der Waals surface area (Å²) in [7, 11) is 0. The van der Waals surface area contributed by atoms with Gasteiger partial charge in [0, 0.05) is 11.4 Å². The predicted molar refractivity (Wildman–Crippen MR) is 109 cm³/mol. The van der Waals surface area contributed by atoms with Crippen molar-refractivity contribution >= 4 is 35.2 Å². The number of rotatable bonds is 5. The second-order valence-electron chi connectivity index (χ2n) is 7.52. The maximum absolute atomic E-state index is 13.1. The van der Waals surface area contributed by atoms with Crippen LogP contribution in [0.4, 0.5) is 16.2 Å². The number of fused-ring (bicyclic) bond motifs is 1. The van der Waals surface area contributed by atoms with Crippen LogP contribution in [0.25, 0.3) is 0 Å². The Balaban J connectivity index is 1.58. The molecule has 8 heteroatoms. The van der Waals surface area contributed by atoms with Gasteiger partial charge in [-0.15, -0.1) is 0 Å². The molecule has 2 aromatic carbocycles. The number of hydrogen-bond donors (Lipinski definition) is 1. The van der Waals surface area contributed by atoms with E-state index < -0.39 is 29.9 Å². The molecule has 0 spiro atoms. The molecule has 1 atom stereocenters. The van der Waals surface area contributed by atoms with Crippen LogP contribution in [0.15, 0.2) is 48.5 Å². The third-order valence-corrected chi connectivity index (χ3v) is 5.19. The number of anilines is 2. The number of benzene rings is 2. The number of ether oxygens (including phenoxy) is 1. The van der Waals surface area contributed by atoms with Crippen LogP contribution in [-0.4, -0.2) is 47.9 Å². The average Bonchev–Trinajstić information content (AvgIpc) is 3.25. The van der Waals surface area contributed by atoms with E-state index in [-0.39, 0.29) is 5.92 Å². The van der Waals surface area contributed by atoms with Gasteiger partial charge in [-0.3, -0.25) is 24.2 Å². The molecule has 2 aliphatic rings. The SMILES string of the molecule is CC(C)C(C(=O)Nc1cccc(N2CCOC2=O)c1)N1C(=O)c2ccccc2C1=O. The largest absolute Gasteiger partial charge is 0.447 e. The van der Waals surface area contributed by atoms with E-state index >= 15 is 0 Å². The van der Waals surface area contributed by atoms with Crippen molar-refractivity contribution in [3.05, 3.63) is 59.7 Å². The van der Waals surface area contributed by atoms with Gasteiger partial charge >= 0.3 is 6.09 Å². The first-order valence-corrected chi connectivity index (χ1v) is 9.70. The lowest BCUT2D eigenvalue weighted by molar-refractivity contribution is -0.121. The quantitative estimate of drug-likeness (QED) is 0.769. The summed E-state index contributed by atoms with van der Waals surface area (Å²) >= 11 is 0. The zero-order chi connectivity index (χ0) is 21.4. The monoisotopic (exact) mass is 407 g/mol. The zero-order valence-corrected chi connectivity index (χ0v) is 16.6. The van der Waals surface area contributed by atoms with E-state index in [2.05, 4.69) is 5.32 Å². The van der Waals surface area contributed by atoms with E-state index in [4.69, 9.17) is 4.74 Å². The molecule has 1 saturated heterocycles. The summed E-state index contributed by atoms with van der Waals surface area (Å²) in [5.41, 5.74) is 1.66. The maximum Gasteiger partial charge on any atom is 0.414 e. The zero-order valence-electron chi connectivity index (χ0n) is 16.6. The minimum atomic E-state index is -0.974. The summed E-state index contributed by atoms with van der Waals surface area (Å²) < 4.78 is 4.95. The van der Waals surface area contributed by atoms with E-state index in [1.54, 1.807) is 62.4 Å². The highest BCUT2D eigenvalue weighted by Gasteiger charge is 2.43. The van der Waals surface area contributed by atoms with Gasteiger partial charge < -0.3 is 10.1 Å². The first-order valence-electron chi connectivity index (χ1n) is 9.70. The van der Waals surface area contributed by atoms with Crippen molar-refractivity contribution in [2.24, 2.45) is 5.92 Å². The van der Waals surface area contributed by atoms with E-state index in [1.807, 2.05) is 0 Å². The van der Waals surface area contributed by atoms with E-state index in [0.29, 0.717) is 35.7 Å². The fourth-order valence-corrected chi connectivity index (χ4v) is 3.77. The van der Waals surface area contributed by atoms with Gasteiger partial charge in [-0.2, -0.15) is 0 Å². The molecule has 0 aromatic heterocycles. The Kier molecular flexibility index (Phi) is 4.99. The molecule has 1 fully saturated rings. The molecule has 1 unspecified atom stereocenters. The molecule has 0 saturated carbocycles. The first kappa shape index (κ1) is 19.6. The highest BCUT2D eigenvalue weighted by atomic mass is 16.6. The Morgan fingerprint density at radius 2 is 1.67 bits per heavy atom. The molecule has 2 aliphatic heterocycles. The lowest BCUT2D eigenvalue weighted by Gasteiger charge is -2.28. The Bertz CT molecular complexity index is 1010. The minimum absolute atomic E-state index is 0.301. The number of amides is 4. The Labute approximate surface area is 173 Å². The topological polar surface area (TPSA) is 96.0 Å². The summed E-state index contributed by atoms with van der Waals surface area (Å²) in [6, 6.07) is 12.4. The molecule has 2 aromatic rings. The van der Waals surface area contributed by atoms with E-state index in [9.17, 15) is 19.2 Å². The van der Waals surface area contributed by atoms with Crippen molar-refractivity contribution in [1.29, 1.82) is 0 Å². The second kappa shape index (κ2) is 7.62. The summed E-state index contributed by atoms with van der Waals surface area (Å²) in [5, 5.41) is 2.78. The fourth-order valence-electron chi connectivity index (χ4n) is 3.77. The number of hydrogen-bond acceptors (Lipinski definition) is 5. The highest BCUT2D eigenvalue weighted by molar-refractivity contribution is 6.23. The lowest BCUT2D eigenvalue weighted by Crippen LogP contribution is -2.50. The average molecular weight is 407 g/mol. The van der Waals surface area contributed by atoms with E-state index in [1.165, 1.54) is 4.90 Å². The Hall–Kier alpha value is -3.68. The van der Waals surface area contributed by atoms with Crippen molar-refractivity contribution in [1.82, 2.24) is 4.90 Å². The standard InChI is InChI=1S/C22H21N3O5/c1-13(2)18(25-20(27)16-8-3-4-9-17(16)21(25)28)19(26)23-14-6-5-7-15(12-14)24-10-11-30-22(24)29/h3-9,12-13,18H,10-11H2,1-2H3,(H,23,26). The summed E-state index contributed by atoms with van der Waals surface area (Å²) in [4.78, 5) is 53.1. The van der Waals surface area contributed by atoms with Gasteiger partial charge in [0.2, 0.25) is 5.91 Å². The molecule has 0 aliphatic carbocycles. The predicted octanol–water partition coefficient (Wildman–Crippen LogP) is 2.90. The van der Waals surface area contributed by atoms with Crippen LogP contribution in [0.1, 0.15) is 34.6 Å². The number of nitrogens with one attached hydrogen (secondary N) is 1. The summed E-state index contributed by atoms with van der Waals surface area (Å²) in [6.07, 6.45) is -0.440. The van der Waals surface area contributed by atoms with Gasteiger partial charge in [0.05, 0.1) is 17.7 Å². The van der Waals surface area contributed by atoms with Gasteiger partial charge in [-0.05, 0) is 36.2 Å². The van der Waals surface area contributed by atoms with Crippen molar-refractivity contribution in [2.75, 3.05) is 23.4 Å². The van der Waals surface area contributed by atoms with Crippen LogP contribution in [0.5, 0.6) is 0 Å². The van der Waals surface area contributed by atoms with Crippen molar-refractivity contribution in [3.8, 4) is 0 Å². The molecule has 154 valence electrons. The van der Waals surface area contributed by atoms with Crippen molar-refractivity contribution in [3.63, 3.8) is 0 Å². The molecule has 2 heterocycles. The third kappa shape index (κ3) is 3.30. The molecule has 30 heavy (non-hydrogen) atoms. The Morgan fingerprint density at radius 1 is 1.00 bits per heavy atom. The number of nitrogens with zero attached hydrogens (tertiary/aromatic N) is 2. The fraction of sp³-hybridized carbons (Fsp3) is 0.273. The molecule has 4 amide bonds. The second-order valence-corrected chi connectivity index (χ2v) is 7.52. The molecular weight excluding hydrogens is 386 g/mol.